The molecule has 1 atom stereocenters. The molecule has 1 fully saturated rings. The van der Waals surface area contributed by atoms with Gasteiger partial charge in [-0.05, 0) is 39.5 Å². The molecule has 1 unspecified atom stereocenters. The second kappa shape index (κ2) is 7.59. The van der Waals surface area contributed by atoms with Gasteiger partial charge in [0.15, 0.2) is 0 Å². The van der Waals surface area contributed by atoms with E-state index in [9.17, 15) is 9.59 Å². The van der Waals surface area contributed by atoms with Crippen molar-refractivity contribution in [3.63, 3.8) is 0 Å². The molecule has 0 radical (unpaired) electrons. The van der Waals surface area contributed by atoms with Crippen LogP contribution >= 0.6 is 0 Å². The summed E-state index contributed by atoms with van der Waals surface area (Å²) in [4.78, 5) is 23.5. The van der Waals surface area contributed by atoms with Crippen LogP contribution in [0.2, 0.25) is 0 Å². The van der Waals surface area contributed by atoms with Gasteiger partial charge in [-0.15, -0.1) is 0 Å². The summed E-state index contributed by atoms with van der Waals surface area (Å²) in [6, 6.07) is -0.510. The molecule has 116 valence electrons. The molecule has 4 N–H and O–H groups in total. The standard InChI is InChI=1S/C14H27N3O3/c1-14(2,3)17-11(18)4-7-16-13(19)12(15)10-5-8-20-9-6-10/h10,12H,4-9,15H2,1-3H3,(H,16,19)(H,17,18). The average Bonchev–Trinajstić information content (AvgIpc) is 2.36. The number of carbonyl (C=O) groups excluding carboxylic acids is 2. The van der Waals surface area contributed by atoms with Gasteiger partial charge in [-0.3, -0.25) is 9.59 Å². The van der Waals surface area contributed by atoms with Gasteiger partial charge in [0.1, 0.15) is 0 Å². The van der Waals surface area contributed by atoms with Gasteiger partial charge in [-0.1, -0.05) is 0 Å². The lowest BCUT2D eigenvalue weighted by atomic mass is 9.92. The van der Waals surface area contributed by atoms with E-state index in [-0.39, 0.29) is 29.7 Å². The first kappa shape index (κ1) is 16.9. The van der Waals surface area contributed by atoms with Crippen LogP contribution in [-0.2, 0) is 14.3 Å². The Bertz CT molecular complexity index is 333. The Morgan fingerprint density at radius 2 is 1.90 bits per heavy atom. The van der Waals surface area contributed by atoms with Crippen molar-refractivity contribution in [2.24, 2.45) is 11.7 Å². The lowest BCUT2D eigenvalue weighted by Crippen LogP contribution is -2.48. The summed E-state index contributed by atoms with van der Waals surface area (Å²) < 4.78 is 5.25. The van der Waals surface area contributed by atoms with E-state index < -0.39 is 6.04 Å². The summed E-state index contributed by atoms with van der Waals surface area (Å²) >= 11 is 0. The number of hydrogen-bond donors (Lipinski definition) is 3. The topological polar surface area (TPSA) is 93.5 Å². The highest BCUT2D eigenvalue weighted by Crippen LogP contribution is 2.17. The molecule has 0 bridgehead atoms. The van der Waals surface area contributed by atoms with Crippen LogP contribution in [0.15, 0.2) is 0 Å². The van der Waals surface area contributed by atoms with E-state index in [1.54, 1.807) is 0 Å². The number of rotatable bonds is 5. The molecule has 20 heavy (non-hydrogen) atoms. The molecule has 0 aliphatic carbocycles. The van der Waals surface area contributed by atoms with Gasteiger partial charge in [0.2, 0.25) is 11.8 Å². The van der Waals surface area contributed by atoms with Gasteiger partial charge in [0.25, 0.3) is 0 Å². The normalized spacial score (nSPS) is 18.4. The van der Waals surface area contributed by atoms with E-state index in [1.807, 2.05) is 20.8 Å². The minimum Gasteiger partial charge on any atom is -0.381 e. The van der Waals surface area contributed by atoms with E-state index in [4.69, 9.17) is 10.5 Å². The lowest BCUT2D eigenvalue weighted by molar-refractivity contribution is -0.125. The van der Waals surface area contributed by atoms with Crippen LogP contribution in [0, 0.1) is 5.92 Å². The van der Waals surface area contributed by atoms with Crippen LogP contribution in [0.3, 0.4) is 0 Å². The summed E-state index contributed by atoms with van der Waals surface area (Å²) in [5.74, 6) is -0.0787. The Morgan fingerprint density at radius 1 is 1.30 bits per heavy atom. The third kappa shape index (κ3) is 6.34. The van der Waals surface area contributed by atoms with E-state index in [0.717, 1.165) is 12.8 Å². The summed E-state index contributed by atoms with van der Waals surface area (Å²) in [7, 11) is 0. The van der Waals surface area contributed by atoms with E-state index >= 15 is 0 Å². The van der Waals surface area contributed by atoms with Gasteiger partial charge in [0, 0.05) is 31.7 Å². The maximum atomic E-state index is 11.9. The van der Waals surface area contributed by atoms with Crippen molar-refractivity contribution in [1.29, 1.82) is 0 Å². The van der Waals surface area contributed by atoms with Gasteiger partial charge in [-0.25, -0.2) is 0 Å². The number of hydrogen-bond acceptors (Lipinski definition) is 4. The highest BCUT2D eigenvalue weighted by atomic mass is 16.5. The fraction of sp³-hybridized carbons (Fsp3) is 0.857. The van der Waals surface area contributed by atoms with Gasteiger partial charge in [0.05, 0.1) is 6.04 Å². The monoisotopic (exact) mass is 285 g/mol. The smallest absolute Gasteiger partial charge is 0.237 e. The SMILES string of the molecule is CC(C)(C)NC(=O)CCNC(=O)C(N)C1CCOCC1. The predicted octanol–water partition coefficient (Wildman–Crippen LogP) is 0.161. The fourth-order valence-electron chi connectivity index (χ4n) is 2.19. The Hall–Kier alpha value is -1.14. The number of carbonyl (C=O) groups is 2. The van der Waals surface area contributed by atoms with Crippen molar-refractivity contribution in [2.45, 2.75) is 51.6 Å². The summed E-state index contributed by atoms with van der Waals surface area (Å²) in [6.07, 6.45) is 1.90. The molecule has 1 aliphatic heterocycles. The molecule has 0 saturated carbocycles. The highest BCUT2D eigenvalue weighted by molar-refractivity contribution is 5.83. The number of nitrogens with two attached hydrogens (primary N) is 1. The number of amides is 2. The van der Waals surface area contributed by atoms with Crippen LogP contribution in [0.4, 0.5) is 0 Å². The number of ether oxygens (including phenoxy) is 1. The summed E-state index contributed by atoms with van der Waals surface area (Å²) in [5, 5.41) is 5.58. The number of nitrogens with one attached hydrogen (secondary N) is 2. The van der Waals surface area contributed by atoms with Crippen molar-refractivity contribution < 1.29 is 14.3 Å². The third-order valence-electron chi connectivity index (χ3n) is 3.24. The Kier molecular flexibility index (Phi) is 6.42. The molecule has 0 aromatic rings. The average molecular weight is 285 g/mol. The van der Waals surface area contributed by atoms with Crippen molar-refractivity contribution >= 4 is 11.8 Å². The fourth-order valence-corrected chi connectivity index (χ4v) is 2.19. The summed E-state index contributed by atoms with van der Waals surface area (Å²) in [5.41, 5.74) is 5.69. The van der Waals surface area contributed by atoms with Crippen LogP contribution < -0.4 is 16.4 Å². The molecule has 0 aromatic heterocycles. The molecule has 1 rings (SSSR count). The molecule has 1 heterocycles. The van der Waals surface area contributed by atoms with Crippen LogP contribution in [-0.4, -0.2) is 43.2 Å². The lowest BCUT2D eigenvalue weighted by Gasteiger charge is -2.26. The highest BCUT2D eigenvalue weighted by Gasteiger charge is 2.26. The predicted molar refractivity (Wildman–Crippen MR) is 77.0 cm³/mol. The molecule has 6 nitrogen and oxygen atoms in total. The first-order valence-electron chi connectivity index (χ1n) is 7.21. The molecule has 0 aromatic carbocycles. The van der Waals surface area contributed by atoms with Crippen LogP contribution in [0.1, 0.15) is 40.0 Å². The first-order chi connectivity index (χ1) is 9.29. The maximum Gasteiger partial charge on any atom is 0.237 e. The van der Waals surface area contributed by atoms with E-state index in [2.05, 4.69) is 10.6 Å². The largest absolute Gasteiger partial charge is 0.381 e. The minimum atomic E-state index is -0.510. The third-order valence-corrected chi connectivity index (χ3v) is 3.24. The molecule has 1 saturated heterocycles. The zero-order chi connectivity index (χ0) is 15.2. The zero-order valence-electron chi connectivity index (χ0n) is 12.7. The Balaban J connectivity index is 2.23. The van der Waals surface area contributed by atoms with Crippen LogP contribution in [0.25, 0.3) is 0 Å². The van der Waals surface area contributed by atoms with Gasteiger partial charge in [-0.2, -0.15) is 0 Å². The molecular formula is C14H27N3O3. The minimum absolute atomic E-state index is 0.0718. The van der Waals surface area contributed by atoms with Crippen molar-refractivity contribution in [2.75, 3.05) is 19.8 Å². The molecule has 2 amide bonds. The molecule has 6 heteroatoms. The van der Waals surface area contributed by atoms with E-state index in [0.29, 0.717) is 19.8 Å². The first-order valence-corrected chi connectivity index (χ1v) is 7.21. The molecular weight excluding hydrogens is 258 g/mol. The maximum absolute atomic E-state index is 11.9. The zero-order valence-corrected chi connectivity index (χ0v) is 12.7. The van der Waals surface area contributed by atoms with Gasteiger partial charge >= 0.3 is 0 Å². The summed E-state index contributed by atoms with van der Waals surface area (Å²) in [6.45, 7) is 7.41. The van der Waals surface area contributed by atoms with Crippen molar-refractivity contribution in [3.8, 4) is 0 Å². The van der Waals surface area contributed by atoms with E-state index in [1.165, 1.54) is 0 Å². The van der Waals surface area contributed by atoms with Crippen molar-refractivity contribution in [1.82, 2.24) is 10.6 Å². The Morgan fingerprint density at radius 3 is 2.45 bits per heavy atom. The molecule has 0 spiro atoms. The second-order valence-corrected chi connectivity index (χ2v) is 6.31. The quantitative estimate of drug-likeness (QED) is 0.671. The molecule has 1 aliphatic rings. The Labute approximate surface area is 120 Å². The second-order valence-electron chi connectivity index (χ2n) is 6.31. The van der Waals surface area contributed by atoms with Gasteiger partial charge < -0.3 is 21.1 Å². The van der Waals surface area contributed by atoms with Crippen LogP contribution in [0.5, 0.6) is 0 Å². The van der Waals surface area contributed by atoms with Crippen molar-refractivity contribution in [3.05, 3.63) is 0 Å².